The molecule has 0 aromatic heterocycles. The van der Waals surface area contributed by atoms with Gasteiger partial charge in [-0.05, 0) is 28.4 Å². The maximum absolute atomic E-state index is 13.0. The molecule has 0 amide bonds. The van der Waals surface area contributed by atoms with Crippen LogP contribution in [0.25, 0.3) is 0 Å². The van der Waals surface area contributed by atoms with E-state index < -0.39 is 0 Å². The Morgan fingerprint density at radius 2 is 1.83 bits per heavy atom. The molecule has 0 radical (unpaired) electrons. The Kier molecular flexibility index (Phi) is 7.09. The molecular weight excluding hydrogens is 297 g/mol. The Bertz CT molecular complexity index is 348. The van der Waals surface area contributed by atoms with Gasteiger partial charge in [-0.25, -0.2) is 4.39 Å². The van der Waals surface area contributed by atoms with Crippen LogP contribution < -0.4 is 10.5 Å². The number of halogens is 2. The number of hydrogen-bond acceptors (Lipinski definition) is 2. The maximum Gasteiger partial charge on any atom is 0.156 e. The van der Waals surface area contributed by atoms with Gasteiger partial charge in [0.15, 0.2) is 5.75 Å². The molecule has 0 aliphatic rings. The van der Waals surface area contributed by atoms with Gasteiger partial charge in [-0.3, -0.25) is 0 Å². The monoisotopic (exact) mass is 317 g/mol. The first kappa shape index (κ1) is 15.3. The number of nitrogen functional groups attached to an aromatic ring is 1. The Balaban J connectivity index is 2.27. The highest BCUT2D eigenvalue weighted by atomic mass is 79.9. The minimum absolute atomic E-state index is 0.341. The van der Waals surface area contributed by atoms with Crippen LogP contribution in [0.5, 0.6) is 5.75 Å². The molecule has 0 atom stereocenters. The van der Waals surface area contributed by atoms with Crippen LogP contribution in [0.1, 0.15) is 45.4 Å². The summed E-state index contributed by atoms with van der Waals surface area (Å²) in [5, 5.41) is 0. The topological polar surface area (TPSA) is 35.2 Å². The van der Waals surface area contributed by atoms with Gasteiger partial charge in [0, 0.05) is 6.07 Å². The Labute approximate surface area is 117 Å². The van der Waals surface area contributed by atoms with Crippen molar-refractivity contribution in [3.63, 3.8) is 0 Å². The summed E-state index contributed by atoms with van der Waals surface area (Å²) in [5.41, 5.74) is 6.05. The Morgan fingerprint density at radius 3 is 2.50 bits per heavy atom. The molecule has 2 nitrogen and oxygen atoms in total. The van der Waals surface area contributed by atoms with E-state index in [1.165, 1.54) is 44.2 Å². The van der Waals surface area contributed by atoms with Crippen LogP contribution in [0, 0.1) is 5.82 Å². The van der Waals surface area contributed by atoms with E-state index in [0.29, 0.717) is 22.5 Å². The van der Waals surface area contributed by atoms with Crippen molar-refractivity contribution in [3.05, 3.63) is 22.4 Å². The van der Waals surface area contributed by atoms with Gasteiger partial charge in [-0.15, -0.1) is 0 Å². The van der Waals surface area contributed by atoms with E-state index in [0.717, 1.165) is 6.42 Å². The summed E-state index contributed by atoms with van der Waals surface area (Å²) in [7, 11) is 0. The van der Waals surface area contributed by atoms with Crippen molar-refractivity contribution < 1.29 is 9.13 Å². The number of hydrogen-bond donors (Lipinski definition) is 1. The van der Waals surface area contributed by atoms with Gasteiger partial charge in [0.25, 0.3) is 0 Å². The van der Waals surface area contributed by atoms with E-state index in [4.69, 9.17) is 10.5 Å². The fourth-order valence-corrected chi connectivity index (χ4v) is 2.35. The molecule has 0 saturated heterocycles. The number of benzene rings is 1. The molecule has 1 aromatic carbocycles. The zero-order valence-electron chi connectivity index (χ0n) is 10.8. The molecule has 0 spiro atoms. The zero-order chi connectivity index (χ0) is 13.4. The van der Waals surface area contributed by atoms with Crippen molar-refractivity contribution in [1.82, 2.24) is 0 Å². The average Bonchev–Trinajstić information content (AvgIpc) is 2.30. The number of unbranched alkanes of at least 4 members (excludes halogenated alkanes) is 5. The average molecular weight is 318 g/mol. The molecule has 1 aromatic rings. The van der Waals surface area contributed by atoms with Gasteiger partial charge in [0.05, 0.1) is 16.8 Å². The molecule has 0 fully saturated rings. The fourth-order valence-electron chi connectivity index (χ4n) is 1.79. The van der Waals surface area contributed by atoms with Crippen molar-refractivity contribution in [2.75, 3.05) is 12.3 Å². The zero-order valence-corrected chi connectivity index (χ0v) is 12.4. The molecular formula is C14H21BrFNO. The van der Waals surface area contributed by atoms with Crippen molar-refractivity contribution in [2.24, 2.45) is 0 Å². The van der Waals surface area contributed by atoms with Crippen molar-refractivity contribution >= 4 is 21.6 Å². The standard InChI is InChI=1S/C14H21BrFNO/c1-2-3-4-5-6-7-8-18-14-12(15)9-11(16)10-13(14)17/h9-10H,2-8,17H2,1H3. The predicted molar refractivity (Wildman–Crippen MR) is 77.4 cm³/mol. The lowest BCUT2D eigenvalue weighted by Crippen LogP contribution is -2.01. The summed E-state index contributed by atoms with van der Waals surface area (Å²) in [6.45, 7) is 2.83. The van der Waals surface area contributed by atoms with Crippen LogP contribution in [-0.2, 0) is 0 Å². The molecule has 0 unspecified atom stereocenters. The lowest BCUT2D eigenvalue weighted by molar-refractivity contribution is 0.304. The molecule has 102 valence electrons. The molecule has 0 aliphatic heterocycles. The minimum atomic E-state index is -0.355. The van der Waals surface area contributed by atoms with Gasteiger partial charge in [0.2, 0.25) is 0 Å². The largest absolute Gasteiger partial charge is 0.490 e. The summed E-state index contributed by atoms with van der Waals surface area (Å²) in [6.07, 6.45) is 7.27. The molecule has 2 N–H and O–H groups in total. The van der Waals surface area contributed by atoms with Crippen LogP contribution in [0.4, 0.5) is 10.1 Å². The van der Waals surface area contributed by atoms with E-state index in [-0.39, 0.29) is 5.82 Å². The maximum atomic E-state index is 13.0. The smallest absolute Gasteiger partial charge is 0.156 e. The first-order valence-electron chi connectivity index (χ1n) is 6.52. The van der Waals surface area contributed by atoms with Crippen molar-refractivity contribution in [2.45, 2.75) is 45.4 Å². The fraction of sp³-hybridized carbons (Fsp3) is 0.571. The number of ether oxygens (including phenoxy) is 1. The normalized spacial score (nSPS) is 10.6. The van der Waals surface area contributed by atoms with E-state index in [2.05, 4.69) is 22.9 Å². The summed E-state index contributed by atoms with van der Waals surface area (Å²) < 4.78 is 19.2. The third-order valence-electron chi connectivity index (χ3n) is 2.78. The van der Waals surface area contributed by atoms with Crippen molar-refractivity contribution in [3.8, 4) is 5.75 Å². The molecule has 4 heteroatoms. The predicted octanol–water partition coefficient (Wildman–Crippen LogP) is 4.91. The summed E-state index contributed by atoms with van der Waals surface area (Å²) in [6, 6.07) is 2.65. The number of rotatable bonds is 8. The number of nitrogens with two attached hydrogens (primary N) is 1. The molecule has 0 heterocycles. The molecule has 1 rings (SSSR count). The van der Waals surface area contributed by atoms with E-state index >= 15 is 0 Å². The van der Waals surface area contributed by atoms with E-state index in [9.17, 15) is 4.39 Å². The van der Waals surface area contributed by atoms with Crippen LogP contribution in [-0.4, -0.2) is 6.61 Å². The van der Waals surface area contributed by atoms with Gasteiger partial charge in [-0.2, -0.15) is 0 Å². The minimum Gasteiger partial charge on any atom is -0.490 e. The van der Waals surface area contributed by atoms with Crippen LogP contribution in [0.2, 0.25) is 0 Å². The highest BCUT2D eigenvalue weighted by Crippen LogP contribution is 2.32. The third kappa shape index (κ3) is 5.25. The summed E-state index contributed by atoms with van der Waals surface area (Å²) >= 11 is 3.26. The molecule has 18 heavy (non-hydrogen) atoms. The quantitative estimate of drug-likeness (QED) is 0.546. The lowest BCUT2D eigenvalue weighted by atomic mass is 10.1. The van der Waals surface area contributed by atoms with Crippen LogP contribution in [0.15, 0.2) is 16.6 Å². The highest BCUT2D eigenvalue weighted by molar-refractivity contribution is 9.10. The lowest BCUT2D eigenvalue weighted by Gasteiger charge is -2.10. The van der Waals surface area contributed by atoms with Gasteiger partial charge < -0.3 is 10.5 Å². The van der Waals surface area contributed by atoms with Gasteiger partial charge >= 0.3 is 0 Å². The Hall–Kier alpha value is -0.770. The first-order valence-corrected chi connectivity index (χ1v) is 7.31. The second kappa shape index (κ2) is 8.35. The van der Waals surface area contributed by atoms with Gasteiger partial charge in [-0.1, -0.05) is 39.0 Å². The first-order chi connectivity index (χ1) is 8.65. The van der Waals surface area contributed by atoms with Gasteiger partial charge in [0.1, 0.15) is 5.82 Å². The van der Waals surface area contributed by atoms with E-state index in [1.807, 2.05) is 0 Å². The second-order valence-electron chi connectivity index (χ2n) is 4.42. The summed E-state index contributed by atoms with van der Waals surface area (Å²) in [5.74, 6) is 0.191. The molecule has 0 saturated carbocycles. The van der Waals surface area contributed by atoms with E-state index in [1.54, 1.807) is 0 Å². The van der Waals surface area contributed by atoms with Crippen molar-refractivity contribution in [1.29, 1.82) is 0 Å². The third-order valence-corrected chi connectivity index (χ3v) is 3.37. The molecule has 0 aliphatic carbocycles. The Morgan fingerprint density at radius 1 is 1.17 bits per heavy atom. The highest BCUT2D eigenvalue weighted by Gasteiger charge is 2.08. The SMILES string of the molecule is CCCCCCCCOc1c(N)cc(F)cc1Br. The molecule has 0 bridgehead atoms. The van der Waals surface area contributed by atoms with Crippen LogP contribution in [0.3, 0.4) is 0 Å². The number of anilines is 1. The second-order valence-corrected chi connectivity index (χ2v) is 5.28. The summed E-state index contributed by atoms with van der Waals surface area (Å²) in [4.78, 5) is 0. The van der Waals surface area contributed by atoms with Crippen LogP contribution >= 0.6 is 15.9 Å².